The van der Waals surface area contributed by atoms with Crippen molar-refractivity contribution in [1.82, 2.24) is 15.3 Å². The van der Waals surface area contributed by atoms with Crippen LogP contribution in [0.25, 0.3) is 10.8 Å². The summed E-state index contributed by atoms with van der Waals surface area (Å²) in [7, 11) is 0. The summed E-state index contributed by atoms with van der Waals surface area (Å²) < 4.78 is 5.86. The van der Waals surface area contributed by atoms with E-state index in [0.29, 0.717) is 11.6 Å². The van der Waals surface area contributed by atoms with Crippen molar-refractivity contribution in [2.45, 2.75) is 13.5 Å². The average molecular weight is 279 g/mol. The lowest BCUT2D eigenvalue weighted by molar-refractivity contribution is 0.466. The van der Waals surface area contributed by atoms with Crippen LogP contribution >= 0.6 is 0 Å². The topological polar surface area (TPSA) is 47.0 Å². The molecule has 0 unspecified atom stereocenters. The molecule has 3 rings (SSSR count). The van der Waals surface area contributed by atoms with Crippen LogP contribution in [-0.2, 0) is 6.54 Å². The Morgan fingerprint density at radius 1 is 1.05 bits per heavy atom. The Labute approximate surface area is 123 Å². The van der Waals surface area contributed by atoms with Crippen LogP contribution in [0.15, 0.2) is 55.0 Å². The van der Waals surface area contributed by atoms with Gasteiger partial charge in [0.25, 0.3) is 0 Å². The summed E-state index contributed by atoms with van der Waals surface area (Å²) in [4.78, 5) is 8.52. The largest absolute Gasteiger partial charge is 0.437 e. The van der Waals surface area contributed by atoms with Gasteiger partial charge in [0.1, 0.15) is 5.75 Å². The number of nitrogens with zero attached hydrogens (tertiary/aromatic N) is 2. The molecule has 1 N–H and O–H groups in total. The number of hydrogen-bond acceptors (Lipinski definition) is 4. The predicted molar refractivity (Wildman–Crippen MR) is 83.4 cm³/mol. The molecule has 0 fully saturated rings. The highest BCUT2D eigenvalue weighted by molar-refractivity contribution is 5.89. The summed E-state index contributed by atoms with van der Waals surface area (Å²) in [5.74, 6) is 1.30. The Bertz CT molecular complexity index is 728. The quantitative estimate of drug-likeness (QED) is 0.776. The third kappa shape index (κ3) is 3.01. The fourth-order valence-electron chi connectivity index (χ4n) is 2.23. The van der Waals surface area contributed by atoms with Crippen LogP contribution in [0.3, 0.4) is 0 Å². The van der Waals surface area contributed by atoms with E-state index in [1.165, 1.54) is 5.56 Å². The molecule has 3 aromatic rings. The highest BCUT2D eigenvalue weighted by Gasteiger charge is 2.08. The molecule has 0 spiro atoms. The number of rotatable bonds is 5. The van der Waals surface area contributed by atoms with E-state index in [-0.39, 0.29) is 0 Å². The Morgan fingerprint density at radius 3 is 2.67 bits per heavy atom. The van der Waals surface area contributed by atoms with E-state index in [1.807, 2.05) is 36.5 Å². The van der Waals surface area contributed by atoms with Gasteiger partial charge in [-0.3, -0.25) is 4.98 Å². The second-order valence-electron chi connectivity index (χ2n) is 4.71. The third-order valence-electron chi connectivity index (χ3n) is 3.26. The maximum absolute atomic E-state index is 5.86. The van der Waals surface area contributed by atoms with Gasteiger partial charge in [-0.1, -0.05) is 25.1 Å². The van der Waals surface area contributed by atoms with Crippen molar-refractivity contribution < 1.29 is 4.74 Å². The molecule has 106 valence electrons. The molecule has 21 heavy (non-hydrogen) atoms. The zero-order valence-corrected chi connectivity index (χ0v) is 11.9. The summed E-state index contributed by atoms with van der Waals surface area (Å²) in [5.41, 5.74) is 1.17. The van der Waals surface area contributed by atoms with Gasteiger partial charge in [0.05, 0.1) is 6.20 Å². The van der Waals surface area contributed by atoms with Crippen LogP contribution in [0, 0.1) is 0 Å². The number of pyridine rings is 2. The highest BCUT2D eigenvalue weighted by Crippen LogP contribution is 2.29. The average Bonchev–Trinajstić information content (AvgIpc) is 2.55. The minimum atomic E-state index is 0.610. The molecule has 0 radical (unpaired) electrons. The van der Waals surface area contributed by atoms with Crippen LogP contribution in [0.5, 0.6) is 11.6 Å². The molecule has 2 aromatic heterocycles. The van der Waals surface area contributed by atoms with E-state index in [2.05, 4.69) is 28.3 Å². The smallest absolute Gasteiger partial charge is 0.227 e. The van der Waals surface area contributed by atoms with Crippen LogP contribution in [-0.4, -0.2) is 16.5 Å². The van der Waals surface area contributed by atoms with Gasteiger partial charge in [-0.05, 0) is 35.7 Å². The third-order valence-corrected chi connectivity index (χ3v) is 3.26. The van der Waals surface area contributed by atoms with E-state index < -0.39 is 0 Å². The molecule has 1 aromatic carbocycles. The first-order valence-corrected chi connectivity index (χ1v) is 7.03. The summed E-state index contributed by atoms with van der Waals surface area (Å²) >= 11 is 0. The number of benzene rings is 1. The van der Waals surface area contributed by atoms with Crippen LogP contribution in [0.1, 0.15) is 12.5 Å². The van der Waals surface area contributed by atoms with Crippen molar-refractivity contribution in [3.8, 4) is 11.6 Å². The molecule has 2 heterocycles. The first-order chi connectivity index (χ1) is 10.4. The number of ether oxygens (including phenoxy) is 1. The van der Waals surface area contributed by atoms with Gasteiger partial charge in [0.15, 0.2) is 0 Å². The second kappa shape index (κ2) is 6.33. The Morgan fingerprint density at radius 2 is 1.90 bits per heavy atom. The Hall–Kier alpha value is -2.46. The molecule has 0 aliphatic carbocycles. The molecule has 0 saturated carbocycles. The maximum atomic E-state index is 5.86. The molecule has 4 nitrogen and oxygen atoms in total. The number of hydrogen-bond donors (Lipinski definition) is 1. The van der Waals surface area contributed by atoms with E-state index in [1.54, 1.807) is 12.4 Å². The van der Waals surface area contributed by atoms with Crippen molar-refractivity contribution in [1.29, 1.82) is 0 Å². The molecular weight excluding hydrogens is 262 g/mol. The molecule has 0 amide bonds. The van der Waals surface area contributed by atoms with Crippen LogP contribution in [0.4, 0.5) is 0 Å². The van der Waals surface area contributed by atoms with Gasteiger partial charge in [-0.25, -0.2) is 4.98 Å². The van der Waals surface area contributed by atoms with E-state index in [9.17, 15) is 0 Å². The predicted octanol–water partition coefficient (Wildman–Crippen LogP) is 3.53. The highest BCUT2D eigenvalue weighted by atomic mass is 16.5. The van der Waals surface area contributed by atoms with Gasteiger partial charge in [-0.15, -0.1) is 0 Å². The van der Waals surface area contributed by atoms with Crippen molar-refractivity contribution in [2.75, 3.05) is 6.54 Å². The first-order valence-electron chi connectivity index (χ1n) is 7.03. The summed E-state index contributed by atoms with van der Waals surface area (Å²) in [5, 5.41) is 5.51. The van der Waals surface area contributed by atoms with E-state index >= 15 is 0 Å². The molecule has 0 saturated heterocycles. The number of nitrogens with one attached hydrogen (secondary N) is 1. The fraction of sp³-hybridized carbons (Fsp3) is 0.176. The van der Waals surface area contributed by atoms with Crippen molar-refractivity contribution >= 4 is 10.8 Å². The van der Waals surface area contributed by atoms with Crippen LogP contribution in [0.2, 0.25) is 0 Å². The van der Waals surface area contributed by atoms with Crippen LogP contribution < -0.4 is 10.1 Å². The monoisotopic (exact) mass is 279 g/mol. The molecule has 0 atom stereocenters. The zero-order chi connectivity index (χ0) is 14.5. The summed E-state index contributed by atoms with van der Waals surface area (Å²) in [6.07, 6.45) is 5.28. The summed E-state index contributed by atoms with van der Waals surface area (Å²) in [6.45, 7) is 3.83. The van der Waals surface area contributed by atoms with Gasteiger partial charge >= 0.3 is 0 Å². The van der Waals surface area contributed by atoms with Crippen molar-refractivity contribution in [3.63, 3.8) is 0 Å². The number of fused-ring (bicyclic) bond motifs is 1. The first kappa shape index (κ1) is 13.5. The van der Waals surface area contributed by atoms with Gasteiger partial charge in [-0.2, -0.15) is 0 Å². The lowest BCUT2D eigenvalue weighted by Crippen LogP contribution is -2.12. The fourth-order valence-corrected chi connectivity index (χ4v) is 2.23. The molecule has 4 heteroatoms. The SMILES string of the molecule is CCNCc1cnc(Oc2cccnc2)c2ccccc12. The van der Waals surface area contributed by atoms with Gasteiger partial charge in [0, 0.05) is 24.3 Å². The Kier molecular flexibility index (Phi) is 4.07. The zero-order valence-electron chi connectivity index (χ0n) is 11.9. The Balaban J connectivity index is 2.00. The molecular formula is C17H17N3O. The number of aromatic nitrogens is 2. The van der Waals surface area contributed by atoms with E-state index in [4.69, 9.17) is 4.74 Å². The lowest BCUT2D eigenvalue weighted by Gasteiger charge is -2.11. The van der Waals surface area contributed by atoms with Gasteiger partial charge in [0.2, 0.25) is 5.88 Å². The van der Waals surface area contributed by atoms with Crippen molar-refractivity contribution in [3.05, 3.63) is 60.6 Å². The normalized spacial score (nSPS) is 10.7. The summed E-state index contributed by atoms with van der Waals surface area (Å²) in [6, 6.07) is 11.9. The standard InChI is InChI=1S/C17H17N3O/c1-2-18-10-13-11-20-17(16-8-4-3-7-15(13)16)21-14-6-5-9-19-12-14/h3-9,11-12,18H,2,10H2,1H3. The maximum Gasteiger partial charge on any atom is 0.227 e. The lowest BCUT2D eigenvalue weighted by atomic mass is 10.1. The molecule has 0 bridgehead atoms. The van der Waals surface area contributed by atoms with Gasteiger partial charge < -0.3 is 10.1 Å². The second-order valence-corrected chi connectivity index (χ2v) is 4.71. The van der Waals surface area contributed by atoms with Crippen molar-refractivity contribution in [2.24, 2.45) is 0 Å². The molecule has 0 aliphatic heterocycles. The molecule has 0 aliphatic rings. The minimum Gasteiger partial charge on any atom is -0.437 e. The van der Waals surface area contributed by atoms with E-state index in [0.717, 1.165) is 23.9 Å². The minimum absolute atomic E-state index is 0.610.